The first-order valence-electron chi connectivity index (χ1n) is 10.8. The van der Waals surface area contributed by atoms with E-state index < -0.39 is 11.7 Å². The van der Waals surface area contributed by atoms with E-state index in [0.717, 1.165) is 69.6 Å². The Balaban J connectivity index is 1.31. The molecule has 0 spiro atoms. The van der Waals surface area contributed by atoms with Crippen LogP contribution in [0, 0.1) is 0 Å². The predicted octanol–water partition coefficient (Wildman–Crippen LogP) is 4.76. The first-order chi connectivity index (χ1) is 14.8. The zero-order chi connectivity index (χ0) is 22.0. The van der Waals surface area contributed by atoms with Crippen molar-refractivity contribution in [2.75, 3.05) is 44.2 Å². The Labute approximate surface area is 185 Å². The number of hydrogen-bond acceptors (Lipinski definition) is 5. The number of piperazine rings is 1. The van der Waals surface area contributed by atoms with E-state index in [4.69, 9.17) is 0 Å². The molecule has 2 fully saturated rings. The summed E-state index contributed by atoms with van der Waals surface area (Å²) in [4.78, 5) is 19.4. The van der Waals surface area contributed by atoms with E-state index >= 15 is 0 Å². The topological polar surface area (TPSA) is 26.8 Å². The molecular weight excluding hydrogens is 423 g/mol. The van der Waals surface area contributed by atoms with Crippen LogP contribution in [0.2, 0.25) is 0 Å². The number of alkyl halides is 3. The van der Waals surface area contributed by atoms with Gasteiger partial charge in [-0.2, -0.15) is 13.2 Å². The third-order valence-corrected chi connectivity index (χ3v) is 7.34. The molecule has 3 heterocycles. The molecule has 0 unspecified atom stereocenters. The highest BCUT2D eigenvalue weighted by Crippen LogP contribution is 2.32. The Bertz CT molecular complexity index is 905. The van der Waals surface area contributed by atoms with Gasteiger partial charge in [-0.3, -0.25) is 14.6 Å². The average Bonchev–Trinajstić information content (AvgIpc) is 3.22. The molecule has 1 aromatic carbocycles. The third kappa shape index (κ3) is 5.48. The van der Waals surface area contributed by atoms with E-state index in [1.54, 1.807) is 13.0 Å². The fourth-order valence-corrected chi connectivity index (χ4v) is 5.40. The van der Waals surface area contributed by atoms with E-state index in [-0.39, 0.29) is 5.78 Å². The summed E-state index contributed by atoms with van der Waals surface area (Å²) in [7, 11) is 0. The molecule has 2 aliphatic heterocycles. The van der Waals surface area contributed by atoms with Gasteiger partial charge in [-0.25, -0.2) is 0 Å². The second-order valence-electron chi connectivity index (χ2n) is 8.48. The quantitative estimate of drug-likeness (QED) is 0.613. The van der Waals surface area contributed by atoms with Gasteiger partial charge in [-0.1, -0.05) is 6.07 Å². The monoisotopic (exact) mass is 451 g/mol. The Morgan fingerprint density at radius 3 is 2.58 bits per heavy atom. The normalized spacial score (nSPS) is 21.4. The number of halogens is 3. The minimum Gasteiger partial charge on any atom is -0.369 e. The molecule has 2 aromatic rings. The number of ketones is 1. The van der Waals surface area contributed by atoms with Crippen molar-refractivity contribution in [3.63, 3.8) is 0 Å². The molecule has 4 nitrogen and oxygen atoms in total. The minimum absolute atomic E-state index is 0.117. The fourth-order valence-electron chi connectivity index (χ4n) is 4.60. The number of nitrogens with zero attached hydrogens (tertiary/aromatic N) is 3. The van der Waals surface area contributed by atoms with Crippen molar-refractivity contribution in [3.8, 4) is 0 Å². The first kappa shape index (κ1) is 22.3. The Morgan fingerprint density at radius 2 is 1.90 bits per heavy atom. The maximum Gasteiger partial charge on any atom is 0.416 e. The van der Waals surface area contributed by atoms with E-state index in [1.807, 2.05) is 6.07 Å². The largest absolute Gasteiger partial charge is 0.416 e. The summed E-state index contributed by atoms with van der Waals surface area (Å²) in [6.45, 7) is 7.73. The smallest absolute Gasteiger partial charge is 0.369 e. The Hall–Kier alpha value is -1.90. The van der Waals surface area contributed by atoms with Crippen LogP contribution >= 0.6 is 11.3 Å². The van der Waals surface area contributed by atoms with Gasteiger partial charge in [0.05, 0.1) is 10.4 Å². The van der Waals surface area contributed by atoms with E-state index in [9.17, 15) is 18.0 Å². The summed E-state index contributed by atoms with van der Waals surface area (Å²) in [5.41, 5.74) is 1.26. The SMILES string of the molecule is CC(=O)c1cc(CN2CCC[C@H](N3CCN(c4cccc(C(F)(F)F)c4)CC3)C2)cs1. The second-order valence-corrected chi connectivity index (χ2v) is 9.39. The molecule has 2 saturated heterocycles. The molecule has 0 amide bonds. The van der Waals surface area contributed by atoms with Gasteiger partial charge in [-0.15, -0.1) is 11.3 Å². The van der Waals surface area contributed by atoms with Gasteiger partial charge in [0, 0.05) is 51.0 Å². The second kappa shape index (κ2) is 9.30. The predicted molar refractivity (Wildman–Crippen MR) is 118 cm³/mol. The van der Waals surface area contributed by atoms with Crippen molar-refractivity contribution in [1.82, 2.24) is 9.80 Å². The summed E-state index contributed by atoms with van der Waals surface area (Å²) < 4.78 is 39.1. The van der Waals surface area contributed by atoms with Crippen LogP contribution < -0.4 is 4.90 Å². The lowest BCUT2D eigenvalue weighted by Crippen LogP contribution is -2.55. The molecule has 0 aliphatic carbocycles. The van der Waals surface area contributed by atoms with Crippen LogP contribution in [0.25, 0.3) is 0 Å². The zero-order valence-corrected chi connectivity index (χ0v) is 18.5. The molecule has 31 heavy (non-hydrogen) atoms. The van der Waals surface area contributed by atoms with Crippen molar-refractivity contribution in [3.05, 3.63) is 51.7 Å². The molecule has 8 heteroatoms. The highest BCUT2D eigenvalue weighted by Gasteiger charge is 2.32. The van der Waals surface area contributed by atoms with Gasteiger partial charge in [0.15, 0.2) is 5.78 Å². The third-order valence-electron chi connectivity index (χ3n) is 6.26. The molecule has 1 atom stereocenters. The van der Waals surface area contributed by atoms with Gasteiger partial charge in [0.2, 0.25) is 0 Å². The summed E-state index contributed by atoms with van der Waals surface area (Å²) in [6.07, 6.45) is -2.01. The molecule has 1 aromatic heterocycles. The Kier molecular flexibility index (Phi) is 6.69. The van der Waals surface area contributed by atoms with Crippen LogP contribution in [0.4, 0.5) is 18.9 Å². The van der Waals surface area contributed by atoms with Gasteiger partial charge in [0.1, 0.15) is 0 Å². The average molecular weight is 452 g/mol. The number of rotatable bonds is 5. The molecule has 4 rings (SSSR count). The van der Waals surface area contributed by atoms with Gasteiger partial charge >= 0.3 is 6.18 Å². The standard InChI is InChI=1S/C23H28F3N3OS/c1-17(30)22-12-18(16-31-22)14-27-7-3-6-21(15-27)29-10-8-28(9-11-29)20-5-2-4-19(13-20)23(24,25)26/h2,4-5,12-13,16,21H,3,6-11,14-15H2,1H3/t21-/m0/s1. The zero-order valence-electron chi connectivity index (χ0n) is 17.7. The van der Waals surface area contributed by atoms with Crippen LogP contribution in [0.3, 0.4) is 0 Å². The summed E-state index contributed by atoms with van der Waals surface area (Å²) >= 11 is 1.51. The maximum atomic E-state index is 13.0. The van der Waals surface area contributed by atoms with E-state index in [1.165, 1.54) is 29.0 Å². The van der Waals surface area contributed by atoms with Crippen LogP contribution in [-0.4, -0.2) is 60.9 Å². The maximum absolute atomic E-state index is 13.0. The van der Waals surface area contributed by atoms with Crippen LogP contribution in [-0.2, 0) is 12.7 Å². The highest BCUT2D eigenvalue weighted by atomic mass is 32.1. The number of anilines is 1. The van der Waals surface area contributed by atoms with E-state index in [2.05, 4.69) is 20.1 Å². The number of thiophene rings is 1. The number of piperidine rings is 1. The lowest BCUT2D eigenvalue weighted by atomic mass is 10.0. The van der Waals surface area contributed by atoms with Crippen molar-refractivity contribution < 1.29 is 18.0 Å². The molecule has 0 bridgehead atoms. The fraction of sp³-hybridized carbons (Fsp3) is 0.522. The summed E-state index contributed by atoms with van der Waals surface area (Å²) in [5.74, 6) is 0.117. The lowest BCUT2D eigenvalue weighted by Gasteiger charge is -2.44. The molecule has 0 N–H and O–H groups in total. The van der Waals surface area contributed by atoms with Gasteiger partial charge in [0.25, 0.3) is 0 Å². The number of likely N-dealkylation sites (tertiary alicyclic amines) is 1. The van der Waals surface area contributed by atoms with Gasteiger partial charge in [-0.05, 0) is 61.5 Å². The minimum atomic E-state index is -4.31. The number of carbonyl (C=O) groups is 1. The number of hydrogen-bond donors (Lipinski definition) is 0. The number of carbonyl (C=O) groups excluding carboxylic acids is 1. The van der Waals surface area contributed by atoms with Crippen molar-refractivity contribution in [1.29, 1.82) is 0 Å². The van der Waals surface area contributed by atoms with Crippen LogP contribution in [0.15, 0.2) is 35.7 Å². The van der Waals surface area contributed by atoms with Crippen LogP contribution in [0.5, 0.6) is 0 Å². The lowest BCUT2D eigenvalue weighted by molar-refractivity contribution is -0.137. The molecule has 0 radical (unpaired) electrons. The number of Topliss-reactive ketones (excluding diaryl/α,β-unsaturated/α-hetero) is 1. The highest BCUT2D eigenvalue weighted by molar-refractivity contribution is 7.12. The molecule has 168 valence electrons. The van der Waals surface area contributed by atoms with Crippen molar-refractivity contribution in [2.45, 2.75) is 38.5 Å². The first-order valence-corrected chi connectivity index (χ1v) is 11.6. The molecule has 0 saturated carbocycles. The van der Waals surface area contributed by atoms with Gasteiger partial charge < -0.3 is 4.90 Å². The summed E-state index contributed by atoms with van der Waals surface area (Å²) in [6, 6.07) is 8.12. The molecular formula is C23H28F3N3OS. The Morgan fingerprint density at radius 1 is 1.13 bits per heavy atom. The van der Waals surface area contributed by atoms with Crippen molar-refractivity contribution in [2.24, 2.45) is 0 Å². The molecule has 2 aliphatic rings. The van der Waals surface area contributed by atoms with Crippen LogP contribution in [0.1, 0.15) is 40.6 Å². The van der Waals surface area contributed by atoms with Crippen molar-refractivity contribution >= 4 is 22.8 Å². The van der Waals surface area contributed by atoms with E-state index in [0.29, 0.717) is 11.7 Å². The number of benzene rings is 1. The summed E-state index contributed by atoms with van der Waals surface area (Å²) in [5, 5.41) is 2.08.